The van der Waals surface area contributed by atoms with Crippen molar-refractivity contribution in [3.05, 3.63) is 52.3 Å². The first kappa shape index (κ1) is 16.4. The second-order valence-corrected chi connectivity index (χ2v) is 5.97. The van der Waals surface area contributed by atoms with Gasteiger partial charge in [0.15, 0.2) is 5.69 Å². The van der Waals surface area contributed by atoms with E-state index < -0.39 is 17.8 Å². The normalized spacial score (nSPS) is 11.7. The maximum atomic E-state index is 12.6. The first-order valence-corrected chi connectivity index (χ1v) is 7.51. The molecule has 0 saturated carbocycles. The number of nitrogens with one attached hydrogen (secondary N) is 1. The number of aryl methyl sites for hydroxylation is 1. The number of amides is 1. The second kappa shape index (κ2) is 5.90. The number of benzene rings is 1. The zero-order valence-corrected chi connectivity index (χ0v) is 13.8. The van der Waals surface area contributed by atoms with Crippen molar-refractivity contribution in [2.45, 2.75) is 6.18 Å². The number of pyridine rings is 1. The number of hydrogen-bond acceptors (Lipinski definition) is 3. The van der Waals surface area contributed by atoms with Crippen LogP contribution < -0.4 is 5.32 Å². The number of carbonyl (C=O) groups excluding carboxylic acids is 1. The lowest BCUT2D eigenvalue weighted by atomic mass is 10.1. The molecule has 0 aliphatic rings. The summed E-state index contributed by atoms with van der Waals surface area (Å²) in [6.07, 6.45) is -2.97. The summed E-state index contributed by atoms with van der Waals surface area (Å²) in [5.41, 5.74) is -0.177. The van der Waals surface area contributed by atoms with Gasteiger partial charge in [-0.15, -0.1) is 0 Å². The van der Waals surface area contributed by atoms with E-state index in [9.17, 15) is 18.0 Å². The van der Waals surface area contributed by atoms with Gasteiger partial charge < -0.3 is 5.32 Å². The van der Waals surface area contributed by atoms with Crippen LogP contribution in [0.5, 0.6) is 0 Å². The molecule has 5 nitrogen and oxygen atoms in total. The highest BCUT2D eigenvalue weighted by molar-refractivity contribution is 9.10. The molecule has 9 heteroatoms. The number of hydrogen-bond donors (Lipinski definition) is 1. The molecule has 0 atom stereocenters. The first-order chi connectivity index (χ1) is 11.2. The van der Waals surface area contributed by atoms with E-state index in [4.69, 9.17) is 0 Å². The van der Waals surface area contributed by atoms with Crippen LogP contribution in [-0.2, 0) is 13.2 Å². The number of aromatic nitrogens is 3. The third-order valence-electron chi connectivity index (χ3n) is 3.32. The van der Waals surface area contributed by atoms with Crippen LogP contribution in [0.25, 0.3) is 10.9 Å². The second-order valence-electron chi connectivity index (χ2n) is 5.05. The van der Waals surface area contributed by atoms with Crippen LogP contribution in [0.15, 0.2) is 41.0 Å². The van der Waals surface area contributed by atoms with Crippen LogP contribution in [-0.4, -0.2) is 20.7 Å². The Hall–Kier alpha value is -2.42. The van der Waals surface area contributed by atoms with Gasteiger partial charge in [0.2, 0.25) is 0 Å². The summed E-state index contributed by atoms with van der Waals surface area (Å²) in [5.74, 6) is -0.588. The lowest BCUT2D eigenvalue weighted by Crippen LogP contribution is -2.14. The quantitative estimate of drug-likeness (QED) is 0.709. The van der Waals surface area contributed by atoms with Gasteiger partial charge >= 0.3 is 6.18 Å². The molecule has 124 valence electrons. The number of halogens is 4. The predicted molar refractivity (Wildman–Crippen MR) is 85.6 cm³/mol. The van der Waals surface area contributed by atoms with Gasteiger partial charge in [-0.2, -0.15) is 18.3 Å². The number of nitrogens with zero attached hydrogens (tertiary/aromatic N) is 3. The Morgan fingerprint density at radius 1 is 1.25 bits per heavy atom. The summed E-state index contributed by atoms with van der Waals surface area (Å²) in [5, 5.41) is 6.60. The molecular formula is C15H10BrF3N4O. The van der Waals surface area contributed by atoms with Gasteiger partial charge in [-0.1, -0.05) is 6.07 Å². The molecule has 0 bridgehead atoms. The molecule has 3 aromatic rings. The van der Waals surface area contributed by atoms with E-state index in [-0.39, 0.29) is 11.4 Å². The van der Waals surface area contributed by atoms with Crippen LogP contribution in [0, 0.1) is 0 Å². The summed E-state index contributed by atoms with van der Waals surface area (Å²) >= 11 is 3.31. The van der Waals surface area contributed by atoms with E-state index in [1.54, 1.807) is 24.4 Å². The van der Waals surface area contributed by atoms with Crippen molar-refractivity contribution in [1.82, 2.24) is 14.8 Å². The molecule has 0 aliphatic heterocycles. The molecule has 3 rings (SSSR count). The number of anilines is 1. The molecule has 0 saturated heterocycles. The monoisotopic (exact) mass is 398 g/mol. The molecule has 0 spiro atoms. The Kier molecular flexibility index (Phi) is 4.04. The van der Waals surface area contributed by atoms with Gasteiger partial charge in [0.25, 0.3) is 5.91 Å². The minimum atomic E-state index is -4.57. The lowest BCUT2D eigenvalue weighted by molar-refractivity contribution is -0.141. The first-order valence-electron chi connectivity index (χ1n) is 6.72. The highest BCUT2D eigenvalue weighted by Gasteiger charge is 2.34. The Morgan fingerprint density at radius 3 is 2.67 bits per heavy atom. The molecule has 2 aromatic heterocycles. The van der Waals surface area contributed by atoms with Crippen molar-refractivity contribution < 1.29 is 18.0 Å². The fourth-order valence-electron chi connectivity index (χ4n) is 2.15. The molecule has 1 N–H and O–H groups in total. The predicted octanol–water partition coefficient (Wildman–Crippen LogP) is 4.00. The summed E-state index contributed by atoms with van der Waals surface area (Å²) in [4.78, 5) is 16.5. The molecule has 24 heavy (non-hydrogen) atoms. The van der Waals surface area contributed by atoms with Crippen LogP contribution in [0.3, 0.4) is 0 Å². The van der Waals surface area contributed by atoms with Crippen molar-refractivity contribution in [2.75, 3.05) is 5.32 Å². The Bertz CT molecular complexity index is 936. The molecule has 1 aromatic carbocycles. The lowest BCUT2D eigenvalue weighted by Gasteiger charge is -2.06. The van der Waals surface area contributed by atoms with Gasteiger partial charge in [-0.25, -0.2) is 0 Å². The number of rotatable bonds is 2. The number of alkyl halides is 3. The smallest absolute Gasteiger partial charge is 0.307 e. The van der Waals surface area contributed by atoms with E-state index in [0.717, 1.165) is 20.6 Å². The SMILES string of the molecule is Cn1nc(C(F)(F)F)cc1NC(=O)c1ccc2cc(Br)cnc2c1. The van der Waals surface area contributed by atoms with Crippen molar-refractivity contribution >= 4 is 38.6 Å². The number of carbonyl (C=O) groups is 1. The third-order valence-corrected chi connectivity index (χ3v) is 3.76. The molecule has 0 fully saturated rings. The number of fused-ring (bicyclic) bond motifs is 1. The molecule has 1 amide bonds. The highest BCUT2D eigenvalue weighted by atomic mass is 79.9. The molecule has 0 unspecified atom stereocenters. The molecule has 0 aliphatic carbocycles. The average molecular weight is 399 g/mol. The average Bonchev–Trinajstić information content (AvgIpc) is 2.88. The Labute approximate surface area is 142 Å². The van der Waals surface area contributed by atoms with E-state index >= 15 is 0 Å². The van der Waals surface area contributed by atoms with Gasteiger partial charge in [-0.05, 0) is 34.1 Å². The van der Waals surface area contributed by atoms with Gasteiger partial charge in [-0.3, -0.25) is 14.5 Å². The van der Waals surface area contributed by atoms with Gasteiger partial charge in [0, 0.05) is 34.7 Å². The van der Waals surface area contributed by atoms with E-state index in [1.165, 1.54) is 7.05 Å². The largest absolute Gasteiger partial charge is 0.435 e. The molecule has 0 radical (unpaired) electrons. The topological polar surface area (TPSA) is 59.8 Å². The molecule has 2 heterocycles. The fraction of sp³-hybridized carbons (Fsp3) is 0.133. The van der Waals surface area contributed by atoms with Gasteiger partial charge in [0.05, 0.1) is 5.52 Å². The maximum Gasteiger partial charge on any atom is 0.435 e. The minimum absolute atomic E-state index is 0.0452. The van der Waals surface area contributed by atoms with Crippen LogP contribution in [0.2, 0.25) is 0 Å². The summed E-state index contributed by atoms with van der Waals surface area (Å²) in [7, 11) is 1.32. The van der Waals surface area contributed by atoms with Gasteiger partial charge in [0.1, 0.15) is 5.82 Å². The summed E-state index contributed by atoms with van der Waals surface area (Å²) < 4.78 is 39.7. The van der Waals surface area contributed by atoms with Crippen molar-refractivity contribution in [3.63, 3.8) is 0 Å². The zero-order valence-electron chi connectivity index (χ0n) is 12.2. The van der Waals surface area contributed by atoms with Crippen molar-refractivity contribution in [2.24, 2.45) is 7.05 Å². The maximum absolute atomic E-state index is 12.6. The van der Waals surface area contributed by atoms with Crippen LogP contribution in [0.1, 0.15) is 16.1 Å². The van der Waals surface area contributed by atoms with E-state index in [0.29, 0.717) is 5.52 Å². The van der Waals surface area contributed by atoms with Crippen LogP contribution >= 0.6 is 15.9 Å². The van der Waals surface area contributed by atoms with Crippen molar-refractivity contribution in [3.8, 4) is 0 Å². The van der Waals surface area contributed by atoms with E-state index in [2.05, 4.69) is 31.3 Å². The fourth-order valence-corrected chi connectivity index (χ4v) is 2.50. The Morgan fingerprint density at radius 2 is 2.00 bits per heavy atom. The van der Waals surface area contributed by atoms with E-state index in [1.807, 2.05) is 6.07 Å². The van der Waals surface area contributed by atoms with Crippen molar-refractivity contribution in [1.29, 1.82) is 0 Å². The summed E-state index contributed by atoms with van der Waals surface area (Å²) in [6.45, 7) is 0. The third kappa shape index (κ3) is 3.25. The van der Waals surface area contributed by atoms with Crippen LogP contribution in [0.4, 0.5) is 19.0 Å². The highest BCUT2D eigenvalue weighted by Crippen LogP contribution is 2.29. The molecular weight excluding hydrogens is 389 g/mol. The summed E-state index contributed by atoms with van der Waals surface area (Å²) in [6, 6.07) is 7.49. The Balaban J connectivity index is 1.87. The minimum Gasteiger partial charge on any atom is -0.307 e. The standard InChI is InChI=1S/C15H10BrF3N4O/c1-23-13(6-12(22-23)15(17,18)19)21-14(24)9-3-2-8-4-10(16)7-20-11(8)5-9/h2-7H,1H3,(H,21,24). The zero-order chi connectivity index (χ0) is 17.5.